The van der Waals surface area contributed by atoms with Gasteiger partial charge in [0.2, 0.25) is 0 Å². The molecule has 18 heavy (non-hydrogen) atoms. The number of nitrogens with one attached hydrogen (secondary N) is 1. The molecule has 100 valence electrons. The zero-order chi connectivity index (χ0) is 13.0. The SMILES string of the molecule is CC(C)CC1CN=C(NCCc2nccn2C)S1. The molecule has 1 aliphatic rings. The lowest BCUT2D eigenvalue weighted by Gasteiger charge is -2.11. The van der Waals surface area contributed by atoms with Crippen molar-refractivity contribution in [1.82, 2.24) is 14.9 Å². The number of nitrogens with zero attached hydrogens (tertiary/aromatic N) is 3. The molecule has 0 aliphatic carbocycles. The molecular formula is C13H22N4S. The van der Waals surface area contributed by atoms with Crippen LogP contribution in [0.25, 0.3) is 0 Å². The Morgan fingerprint density at radius 2 is 2.39 bits per heavy atom. The Bertz CT molecular complexity index is 411. The van der Waals surface area contributed by atoms with Gasteiger partial charge in [0.05, 0.1) is 6.54 Å². The predicted molar refractivity (Wildman–Crippen MR) is 78.1 cm³/mol. The minimum Gasteiger partial charge on any atom is -0.364 e. The fraction of sp³-hybridized carbons (Fsp3) is 0.692. The number of hydrogen-bond donors (Lipinski definition) is 1. The minimum absolute atomic E-state index is 0.667. The van der Waals surface area contributed by atoms with Gasteiger partial charge in [-0.05, 0) is 12.3 Å². The van der Waals surface area contributed by atoms with Crippen LogP contribution in [0.1, 0.15) is 26.1 Å². The summed E-state index contributed by atoms with van der Waals surface area (Å²) in [4.78, 5) is 8.86. The molecule has 1 N–H and O–H groups in total. The maximum atomic E-state index is 4.55. The third-order valence-electron chi connectivity index (χ3n) is 3.00. The Kier molecular flexibility index (Phi) is 4.69. The van der Waals surface area contributed by atoms with Crippen molar-refractivity contribution in [2.45, 2.75) is 31.9 Å². The summed E-state index contributed by atoms with van der Waals surface area (Å²) in [7, 11) is 2.03. The highest BCUT2D eigenvalue weighted by Gasteiger charge is 2.20. The van der Waals surface area contributed by atoms with Gasteiger partial charge in [-0.3, -0.25) is 4.99 Å². The number of hydrogen-bond acceptors (Lipinski definition) is 4. The lowest BCUT2D eigenvalue weighted by molar-refractivity contribution is 0.575. The smallest absolute Gasteiger partial charge is 0.156 e. The van der Waals surface area contributed by atoms with Crippen molar-refractivity contribution < 1.29 is 0 Å². The molecule has 2 rings (SSSR count). The van der Waals surface area contributed by atoms with Gasteiger partial charge in [0.25, 0.3) is 0 Å². The van der Waals surface area contributed by atoms with E-state index in [9.17, 15) is 0 Å². The van der Waals surface area contributed by atoms with E-state index in [-0.39, 0.29) is 0 Å². The van der Waals surface area contributed by atoms with Crippen molar-refractivity contribution >= 4 is 16.9 Å². The van der Waals surface area contributed by atoms with Gasteiger partial charge in [-0.1, -0.05) is 25.6 Å². The molecule has 1 aliphatic heterocycles. The Labute approximate surface area is 113 Å². The molecule has 0 spiro atoms. The molecule has 0 fully saturated rings. The second-order valence-electron chi connectivity index (χ2n) is 5.15. The molecule has 0 amide bonds. The van der Waals surface area contributed by atoms with Gasteiger partial charge in [0.1, 0.15) is 5.82 Å². The standard InChI is InChI=1S/C13H22N4S/c1-10(2)8-11-9-16-13(18-11)15-5-4-12-14-6-7-17(12)3/h6-7,10-11H,4-5,8-9H2,1-3H3,(H,15,16). The van der Waals surface area contributed by atoms with E-state index in [1.54, 1.807) is 0 Å². The van der Waals surface area contributed by atoms with Gasteiger partial charge in [0, 0.05) is 37.7 Å². The maximum Gasteiger partial charge on any atom is 0.156 e. The van der Waals surface area contributed by atoms with Crippen LogP contribution in [-0.4, -0.2) is 33.1 Å². The maximum absolute atomic E-state index is 4.55. The fourth-order valence-corrected chi connectivity index (χ4v) is 3.36. The molecule has 2 heterocycles. The molecule has 1 aromatic rings. The first-order valence-electron chi connectivity index (χ1n) is 6.56. The number of amidine groups is 1. The van der Waals surface area contributed by atoms with Gasteiger partial charge in [-0.15, -0.1) is 0 Å². The molecule has 1 unspecified atom stereocenters. The average Bonchev–Trinajstić information content (AvgIpc) is 2.89. The van der Waals surface area contributed by atoms with Crippen LogP contribution in [0.5, 0.6) is 0 Å². The molecule has 5 heteroatoms. The summed E-state index contributed by atoms with van der Waals surface area (Å²) in [6.45, 7) is 6.42. The molecule has 1 aromatic heterocycles. The summed E-state index contributed by atoms with van der Waals surface area (Å²) in [6, 6.07) is 0. The second kappa shape index (κ2) is 6.27. The van der Waals surface area contributed by atoms with Crippen molar-refractivity contribution in [2.24, 2.45) is 18.0 Å². The van der Waals surface area contributed by atoms with Crippen LogP contribution in [0.3, 0.4) is 0 Å². The molecule has 0 bridgehead atoms. The molecular weight excluding hydrogens is 244 g/mol. The van der Waals surface area contributed by atoms with Crippen molar-refractivity contribution in [3.63, 3.8) is 0 Å². The Balaban J connectivity index is 1.68. The summed E-state index contributed by atoms with van der Waals surface area (Å²) in [5, 5.41) is 5.18. The van der Waals surface area contributed by atoms with Crippen LogP contribution in [0.2, 0.25) is 0 Å². The van der Waals surface area contributed by atoms with Crippen molar-refractivity contribution in [2.75, 3.05) is 13.1 Å². The van der Waals surface area contributed by atoms with E-state index in [2.05, 4.69) is 33.7 Å². The first-order valence-corrected chi connectivity index (χ1v) is 7.44. The largest absolute Gasteiger partial charge is 0.364 e. The van der Waals surface area contributed by atoms with E-state index < -0.39 is 0 Å². The molecule has 0 saturated carbocycles. The highest BCUT2D eigenvalue weighted by Crippen LogP contribution is 2.25. The van der Waals surface area contributed by atoms with Crippen LogP contribution < -0.4 is 5.32 Å². The minimum atomic E-state index is 0.667. The van der Waals surface area contributed by atoms with E-state index in [1.165, 1.54) is 6.42 Å². The first kappa shape index (κ1) is 13.5. The summed E-state index contributed by atoms with van der Waals surface area (Å²) in [5.41, 5.74) is 0. The van der Waals surface area contributed by atoms with Gasteiger partial charge in [-0.2, -0.15) is 0 Å². The number of aliphatic imine (C=N–C) groups is 1. The van der Waals surface area contributed by atoms with Crippen molar-refractivity contribution in [1.29, 1.82) is 0 Å². The van der Waals surface area contributed by atoms with Crippen LogP contribution in [0.4, 0.5) is 0 Å². The third-order valence-corrected chi connectivity index (χ3v) is 4.17. The Hall–Kier alpha value is -0.970. The second-order valence-corrected chi connectivity index (χ2v) is 6.44. The van der Waals surface area contributed by atoms with Crippen LogP contribution in [-0.2, 0) is 13.5 Å². The highest BCUT2D eigenvalue weighted by molar-refractivity contribution is 8.14. The lowest BCUT2D eigenvalue weighted by Crippen LogP contribution is -2.23. The predicted octanol–water partition coefficient (Wildman–Crippen LogP) is 2.07. The van der Waals surface area contributed by atoms with Crippen LogP contribution >= 0.6 is 11.8 Å². The number of imidazole rings is 1. The topological polar surface area (TPSA) is 42.2 Å². The number of aromatic nitrogens is 2. The van der Waals surface area contributed by atoms with Crippen LogP contribution in [0.15, 0.2) is 17.4 Å². The Morgan fingerprint density at radius 3 is 3.06 bits per heavy atom. The van der Waals surface area contributed by atoms with E-state index in [4.69, 9.17) is 0 Å². The van der Waals surface area contributed by atoms with Gasteiger partial charge < -0.3 is 9.88 Å². The zero-order valence-corrected chi connectivity index (χ0v) is 12.2. The normalized spacial score (nSPS) is 19.3. The summed E-state index contributed by atoms with van der Waals surface area (Å²) >= 11 is 1.89. The number of rotatable bonds is 5. The van der Waals surface area contributed by atoms with E-state index in [0.717, 1.165) is 36.4 Å². The Morgan fingerprint density at radius 1 is 1.56 bits per heavy atom. The molecule has 4 nitrogen and oxygen atoms in total. The number of thioether (sulfide) groups is 1. The summed E-state index contributed by atoms with van der Waals surface area (Å²) in [5.74, 6) is 1.87. The van der Waals surface area contributed by atoms with E-state index in [1.807, 2.05) is 31.2 Å². The average molecular weight is 266 g/mol. The van der Waals surface area contributed by atoms with Crippen molar-refractivity contribution in [3.8, 4) is 0 Å². The third kappa shape index (κ3) is 3.77. The quantitative estimate of drug-likeness (QED) is 0.887. The van der Waals surface area contributed by atoms with Gasteiger partial charge in [-0.25, -0.2) is 4.98 Å². The number of aryl methyl sites for hydroxylation is 1. The zero-order valence-electron chi connectivity index (χ0n) is 11.4. The van der Waals surface area contributed by atoms with E-state index >= 15 is 0 Å². The molecule has 0 aromatic carbocycles. The molecule has 1 atom stereocenters. The van der Waals surface area contributed by atoms with Crippen molar-refractivity contribution in [3.05, 3.63) is 18.2 Å². The lowest BCUT2D eigenvalue weighted by atomic mass is 10.1. The van der Waals surface area contributed by atoms with E-state index in [0.29, 0.717) is 5.25 Å². The molecule has 0 radical (unpaired) electrons. The van der Waals surface area contributed by atoms with Gasteiger partial charge in [0.15, 0.2) is 5.17 Å². The summed E-state index contributed by atoms with van der Waals surface area (Å²) < 4.78 is 2.06. The van der Waals surface area contributed by atoms with Crippen LogP contribution in [0, 0.1) is 5.92 Å². The highest BCUT2D eigenvalue weighted by atomic mass is 32.2. The monoisotopic (exact) mass is 266 g/mol. The molecule has 0 saturated heterocycles. The van der Waals surface area contributed by atoms with Gasteiger partial charge >= 0.3 is 0 Å². The fourth-order valence-electron chi connectivity index (χ4n) is 2.08. The summed E-state index contributed by atoms with van der Waals surface area (Å²) in [6.07, 6.45) is 6.02. The first-order chi connectivity index (χ1) is 8.65.